The van der Waals surface area contributed by atoms with Crippen molar-refractivity contribution in [1.29, 1.82) is 0 Å². The third kappa shape index (κ3) is 2.45. The summed E-state index contributed by atoms with van der Waals surface area (Å²) in [6.45, 7) is 3.64. The van der Waals surface area contributed by atoms with Gasteiger partial charge in [0.05, 0.1) is 4.90 Å². The molecule has 0 atom stereocenters. The summed E-state index contributed by atoms with van der Waals surface area (Å²) >= 11 is 3.34. The molecule has 0 saturated heterocycles. The van der Waals surface area contributed by atoms with Crippen molar-refractivity contribution in [2.75, 3.05) is 0 Å². The summed E-state index contributed by atoms with van der Waals surface area (Å²) in [6.07, 6.45) is 0. The van der Waals surface area contributed by atoms with E-state index in [1.807, 2.05) is 13.8 Å². The predicted molar refractivity (Wildman–Crippen MR) is 56.7 cm³/mol. The van der Waals surface area contributed by atoms with E-state index in [1.165, 1.54) is 0 Å². The van der Waals surface area contributed by atoms with Crippen LogP contribution in [0.4, 0.5) is 0 Å². The first-order valence-electron chi connectivity index (χ1n) is 3.54. The lowest BCUT2D eigenvalue weighted by Gasteiger charge is -2.04. The maximum atomic E-state index is 11.0. The van der Waals surface area contributed by atoms with Gasteiger partial charge in [-0.25, -0.2) is 8.42 Å². The molecule has 0 unspecified atom stereocenters. The van der Waals surface area contributed by atoms with E-state index in [0.29, 0.717) is 0 Å². The molecule has 0 heterocycles. The van der Waals surface area contributed by atoms with Gasteiger partial charge in [0.2, 0.25) is 0 Å². The molecule has 0 aliphatic rings. The lowest BCUT2D eigenvalue weighted by atomic mass is 10.2. The second-order valence-corrected chi connectivity index (χ2v) is 6.17. The average Bonchev–Trinajstić information content (AvgIpc) is 1.97. The first kappa shape index (κ1) is 11.0. The highest BCUT2D eigenvalue weighted by Gasteiger charge is 2.12. The Morgan fingerprint density at radius 3 is 1.92 bits per heavy atom. The molecule has 5 heteroatoms. The Bertz CT molecular complexity index is 416. The molecule has 0 saturated carbocycles. The summed E-state index contributed by atoms with van der Waals surface area (Å²) in [6, 6.07) is 3.08. The molecule has 0 aliphatic heterocycles. The smallest absolute Gasteiger partial charge is 0.207 e. The summed E-state index contributed by atoms with van der Waals surface area (Å²) in [5.41, 5.74) is 1.72. The molecule has 2 nitrogen and oxygen atoms in total. The van der Waals surface area contributed by atoms with Crippen molar-refractivity contribution in [2.45, 2.75) is 18.7 Å². The molecule has 0 amide bonds. The minimum absolute atomic E-state index is 0.146. The van der Waals surface area contributed by atoms with Gasteiger partial charge >= 0.3 is 0 Å². The van der Waals surface area contributed by atoms with Crippen molar-refractivity contribution in [3.8, 4) is 0 Å². The van der Waals surface area contributed by atoms with Gasteiger partial charge in [-0.05, 0) is 37.1 Å². The molecule has 1 rings (SSSR count). The normalized spacial score (nSPS) is 11.7. The quantitative estimate of drug-likeness (QED) is 0.743. The zero-order chi connectivity index (χ0) is 10.2. The highest BCUT2D eigenvalue weighted by Crippen LogP contribution is 2.26. The van der Waals surface area contributed by atoms with Crippen molar-refractivity contribution in [2.24, 2.45) is 0 Å². The SMILES string of the molecule is Cc1cc(S(=O)(=O)Cl)cc(C)c1Br. The Hall–Kier alpha value is -0.0600. The van der Waals surface area contributed by atoms with Crippen LogP contribution in [0.2, 0.25) is 0 Å². The molecule has 1 aromatic rings. The number of aryl methyl sites for hydroxylation is 2. The van der Waals surface area contributed by atoms with Crippen LogP contribution in [-0.4, -0.2) is 8.42 Å². The van der Waals surface area contributed by atoms with Crippen LogP contribution < -0.4 is 0 Å². The van der Waals surface area contributed by atoms with Gasteiger partial charge in [-0.15, -0.1) is 0 Å². The van der Waals surface area contributed by atoms with Crippen molar-refractivity contribution in [1.82, 2.24) is 0 Å². The zero-order valence-electron chi connectivity index (χ0n) is 7.14. The standard InChI is InChI=1S/C8H8BrClO2S/c1-5-3-7(13(10,11)12)4-6(2)8(5)9/h3-4H,1-2H3. The lowest BCUT2D eigenvalue weighted by Crippen LogP contribution is -1.93. The van der Waals surface area contributed by atoms with Gasteiger partial charge in [-0.3, -0.25) is 0 Å². The van der Waals surface area contributed by atoms with Crippen LogP contribution in [0.15, 0.2) is 21.5 Å². The fourth-order valence-electron chi connectivity index (χ4n) is 1.05. The summed E-state index contributed by atoms with van der Waals surface area (Å²) in [5.74, 6) is 0. The van der Waals surface area contributed by atoms with Crippen LogP contribution in [0.5, 0.6) is 0 Å². The van der Waals surface area contributed by atoms with Crippen molar-refractivity contribution in [3.63, 3.8) is 0 Å². The van der Waals surface area contributed by atoms with Crippen molar-refractivity contribution < 1.29 is 8.42 Å². The number of hydrogen-bond acceptors (Lipinski definition) is 2. The summed E-state index contributed by atoms with van der Waals surface area (Å²) in [7, 11) is 1.60. The van der Waals surface area contributed by atoms with E-state index >= 15 is 0 Å². The Morgan fingerprint density at radius 1 is 1.23 bits per heavy atom. The maximum Gasteiger partial charge on any atom is 0.261 e. The fraction of sp³-hybridized carbons (Fsp3) is 0.250. The summed E-state index contributed by atoms with van der Waals surface area (Å²) in [4.78, 5) is 0.146. The van der Waals surface area contributed by atoms with Gasteiger partial charge in [0, 0.05) is 15.2 Å². The lowest BCUT2D eigenvalue weighted by molar-refractivity contribution is 0.609. The summed E-state index contributed by atoms with van der Waals surface area (Å²) < 4.78 is 22.9. The van der Waals surface area contributed by atoms with E-state index in [2.05, 4.69) is 15.9 Å². The third-order valence-electron chi connectivity index (χ3n) is 1.69. The number of rotatable bonds is 1. The molecule has 0 radical (unpaired) electrons. The van der Waals surface area contributed by atoms with Gasteiger partial charge in [0.15, 0.2) is 0 Å². The zero-order valence-corrected chi connectivity index (χ0v) is 10.3. The van der Waals surface area contributed by atoms with E-state index in [4.69, 9.17) is 10.7 Å². The highest BCUT2D eigenvalue weighted by atomic mass is 79.9. The van der Waals surface area contributed by atoms with Crippen LogP contribution in [-0.2, 0) is 9.05 Å². The highest BCUT2D eigenvalue weighted by molar-refractivity contribution is 9.10. The summed E-state index contributed by atoms with van der Waals surface area (Å²) in [5, 5.41) is 0. The van der Waals surface area contributed by atoms with Crippen LogP contribution in [0.25, 0.3) is 0 Å². The topological polar surface area (TPSA) is 34.1 Å². The second kappa shape index (κ2) is 3.59. The first-order chi connectivity index (χ1) is 5.82. The molecule has 0 aliphatic carbocycles. The first-order valence-corrected chi connectivity index (χ1v) is 6.64. The molecule has 13 heavy (non-hydrogen) atoms. The number of hydrogen-bond donors (Lipinski definition) is 0. The van der Waals surface area contributed by atoms with Crippen molar-refractivity contribution >= 4 is 35.7 Å². The number of benzene rings is 1. The second-order valence-electron chi connectivity index (χ2n) is 2.81. The van der Waals surface area contributed by atoms with Crippen LogP contribution in [0.3, 0.4) is 0 Å². The van der Waals surface area contributed by atoms with E-state index in [9.17, 15) is 8.42 Å². The molecule has 0 bridgehead atoms. The van der Waals surface area contributed by atoms with E-state index in [-0.39, 0.29) is 4.90 Å². The van der Waals surface area contributed by atoms with Gasteiger partial charge in [0.25, 0.3) is 9.05 Å². The van der Waals surface area contributed by atoms with Gasteiger partial charge in [-0.1, -0.05) is 15.9 Å². The fourth-order valence-corrected chi connectivity index (χ4v) is 2.18. The molecule has 0 fully saturated rings. The molecular formula is C8H8BrClO2S. The van der Waals surface area contributed by atoms with Crippen LogP contribution in [0.1, 0.15) is 11.1 Å². The predicted octanol–water partition coefficient (Wildman–Crippen LogP) is 2.99. The Balaban J connectivity index is 3.47. The van der Waals surface area contributed by atoms with E-state index < -0.39 is 9.05 Å². The van der Waals surface area contributed by atoms with Crippen molar-refractivity contribution in [3.05, 3.63) is 27.7 Å². The molecule has 1 aromatic carbocycles. The largest absolute Gasteiger partial charge is 0.261 e. The Kier molecular flexibility index (Phi) is 3.05. The minimum Gasteiger partial charge on any atom is -0.207 e. The minimum atomic E-state index is -3.61. The molecule has 0 spiro atoms. The average molecular weight is 284 g/mol. The maximum absolute atomic E-state index is 11.0. The molecular weight excluding hydrogens is 276 g/mol. The van der Waals surface area contributed by atoms with Gasteiger partial charge in [-0.2, -0.15) is 0 Å². The monoisotopic (exact) mass is 282 g/mol. The Morgan fingerprint density at radius 2 is 1.62 bits per heavy atom. The third-order valence-corrected chi connectivity index (χ3v) is 4.28. The molecule has 72 valence electrons. The van der Waals surface area contributed by atoms with Gasteiger partial charge in [0.1, 0.15) is 0 Å². The number of halogens is 2. The molecule has 0 N–H and O–H groups in total. The van der Waals surface area contributed by atoms with Crippen LogP contribution >= 0.6 is 26.6 Å². The van der Waals surface area contributed by atoms with Crippen LogP contribution in [0, 0.1) is 13.8 Å². The van der Waals surface area contributed by atoms with E-state index in [1.54, 1.807) is 12.1 Å². The Labute approximate surface area is 90.5 Å². The molecule has 0 aromatic heterocycles. The van der Waals surface area contributed by atoms with Gasteiger partial charge < -0.3 is 0 Å². The van der Waals surface area contributed by atoms with E-state index in [0.717, 1.165) is 15.6 Å².